The molecule has 3 rings (SSSR count). The van der Waals surface area contributed by atoms with Crippen molar-refractivity contribution in [1.29, 1.82) is 0 Å². The molecule has 0 saturated carbocycles. The Labute approximate surface area is 126 Å². The molecule has 0 spiro atoms. The third-order valence-corrected chi connectivity index (χ3v) is 3.28. The predicted octanol–water partition coefficient (Wildman–Crippen LogP) is 2.39. The van der Waals surface area contributed by atoms with Gasteiger partial charge in [0.05, 0.1) is 6.20 Å². The van der Waals surface area contributed by atoms with Crippen LogP contribution in [-0.2, 0) is 4.74 Å². The van der Waals surface area contributed by atoms with Crippen LogP contribution in [0.3, 0.4) is 0 Å². The first-order valence-electron chi connectivity index (χ1n) is 6.74. The topological polar surface area (TPSA) is 84.9 Å². The van der Waals surface area contributed by atoms with Gasteiger partial charge in [-0.2, -0.15) is 0 Å². The Morgan fingerprint density at radius 3 is 2.82 bits per heavy atom. The zero-order chi connectivity index (χ0) is 15.5. The smallest absolute Gasteiger partial charge is 0.359 e. The fraction of sp³-hybridized carbons (Fsp3) is 0.125. The van der Waals surface area contributed by atoms with Gasteiger partial charge in [-0.15, -0.1) is 0 Å². The minimum absolute atomic E-state index is 0.0704. The summed E-state index contributed by atoms with van der Waals surface area (Å²) in [5, 5.41) is 0.801. The second-order valence-corrected chi connectivity index (χ2v) is 4.75. The van der Waals surface area contributed by atoms with Crippen LogP contribution in [0.2, 0.25) is 0 Å². The first-order valence-corrected chi connectivity index (χ1v) is 6.74. The van der Waals surface area contributed by atoms with Crippen LogP contribution in [0.15, 0.2) is 49.1 Å². The second kappa shape index (κ2) is 5.77. The van der Waals surface area contributed by atoms with Crippen LogP contribution < -0.4 is 0 Å². The molecule has 22 heavy (non-hydrogen) atoms. The summed E-state index contributed by atoms with van der Waals surface area (Å²) in [5.74, 6) is -0.941. The summed E-state index contributed by atoms with van der Waals surface area (Å²) in [6, 6.07) is 7.45. The molecule has 6 heteroatoms. The summed E-state index contributed by atoms with van der Waals surface area (Å²) in [6.07, 6.45) is 4.86. The maximum Gasteiger partial charge on any atom is 0.359 e. The molecule has 1 atom stereocenters. The summed E-state index contributed by atoms with van der Waals surface area (Å²) >= 11 is 0. The minimum atomic E-state index is -0.909. The molecule has 0 unspecified atom stereocenters. The molecule has 0 saturated heterocycles. The number of hydrogen-bond acceptors (Lipinski definition) is 5. The normalized spacial score (nSPS) is 12.0. The van der Waals surface area contributed by atoms with Crippen LogP contribution in [0.25, 0.3) is 10.9 Å². The SMILES string of the molecule is C[C@@H](OC(=O)c1cnccn1)C(=O)c1c[nH]c2ccccc12. The lowest BCUT2D eigenvalue weighted by molar-refractivity contribution is 0.0313. The number of esters is 1. The van der Waals surface area contributed by atoms with E-state index in [2.05, 4.69) is 15.0 Å². The number of nitrogens with zero attached hydrogens (tertiary/aromatic N) is 2. The number of carbonyl (C=O) groups is 2. The molecule has 6 nitrogen and oxygen atoms in total. The number of aromatic amines is 1. The van der Waals surface area contributed by atoms with E-state index >= 15 is 0 Å². The monoisotopic (exact) mass is 295 g/mol. The molecule has 0 aliphatic rings. The third kappa shape index (κ3) is 2.58. The molecule has 3 aromatic rings. The van der Waals surface area contributed by atoms with Crippen molar-refractivity contribution in [3.8, 4) is 0 Å². The molecule has 2 aromatic heterocycles. The predicted molar refractivity (Wildman–Crippen MR) is 79.5 cm³/mol. The van der Waals surface area contributed by atoms with Gasteiger partial charge in [0.25, 0.3) is 0 Å². The molecular formula is C16H13N3O3. The molecule has 1 aromatic carbocycles. The van der Waals surface area contributed by atoms with E-state index in [-0.39, 0.29) is 11.5 Å². The van der Waals surface area contributed by atoms with Crippen molar-refractivity contribution in [2.45, 2.75) is 13.0 Å². The summed E-state index contributed by atoms with van der Waals surface area (Å²) in [4.78, 5) is 35.0. The molecule has 0 radical (unpaired) electrons. The Bertz CT molecular complexity index is 827. The molecule has 0 aliphatic heterocycles. The van der Waals surface area contributed by atoms with Crippen molar-refractivity contribution in [3.63, 3.8) is 0 Å². The van der Waals surface area contributed by atoms with Gasteiger partial charge in [-0.25, -0.2) is 9.78 Å². The van der Waals surface area contributed by atoms with E-state index in [1.54, 1.807) is 13.1 Å². The van der Waals surface area contributed by atoms with Crippen molar-refractivity contribution < 1.29 is 14.3 Å². The first-order chi connectivity index (χ1) is 10.7. The highest BCUT2D eigenvalue weighted by molar-refractivity contribution is 6.10. The molecule has 0 aliphatic carbocycles. The Morgan fingerprint density at radius 1 is 1.23 bits per heavy atom. The van der Waals surface area contributed by atoms with Gasteiger partial charge in [0, 0.05) is 35.1 Å². The van der Waals surface area contributed by atoms with Crippen molar-refractivity contribution in [1.82, 2.24) is 15.0 Å². The van der Waals surface area contributed by atoms with Crippen molar-refractivity contribution >= 4 is 22.7 Å². The highest BCUT2D eigenvalue weighted by Crippen LogP contribution is 2.20. The average molecular weight is 295 g/mol. The van der Waals surface area contributed by atoms with Crippen molar-refractivity contribution in [2.75, 3.05) is 0 Å². The third-order valence-electron chi connectivity index (χ3n) is 3.28. The van der Waals surface area contributed by atoms with Gasteiger partial charge in [-0.1, -0.05) is 18.2 Å². The van der Waals surface area contributed by atoms with E-state index in [4.69, 9.17) is 4.74 Å². The number of carbonyl (C=O) groups excluding carboxylic acids is 2. The zero-order valence-corrected chi connectivity index (χ0v) is 11.8. The van der Waals surface area contributed by atoms with Gasteiger partial charge in [0.15, 0.2) is 11.8 Å². The van der Waals surface area contributed by atoms with Crippen molar-refractivity contribution in [2.24, 2.45) is 0 Å². The Kier molecular flexibility index (Phi) is 3.65. The summed E-state index contributed by atoms with van der Waals surface area (Å²) in [7, 11) is 0. The maximum absolute atomic E-state index is 12.5. The molecular weight excluding hydrogens is 282 g/mol. The molecule has 2 heterocycles. The van der Waals surface area contributed by atoms with E-state index in [9.17, 15) is 9.59 Å². The summed E-state index contributed by atoms with van der Waals surface area (Å²) in [6.45, 7) is 1.54. The van der Waals surface area contributed by atoms with Crippen LogP contribution in [-0.4, -0.2) is 32.8 Å². The van der Waals surface area contributed by atoms with Gasteiger partial charge in [0.2, 0.25) is 5.78 Å². The Balaban J connectivity index is 1.79. The number of benzene rings is 1. The van der Waals surface area contributed by atoms with Gasteiger partial charge in [-0.3, -0.25) is 9.78 Å². The van der Waals surface area contributed by atoms with E-state index < -0.39 is 12.1 Å². The molecule has 0 fully saturated rings. The van der Waals surface area contributed by atoms with Crippen LogP contribution in [0.4, 0.5) is 0 Å². The van der Waals surface area contributed by atoms with Crippen LogP contribution in [0.1, 0.15) is 27.8 Å². The van der Waals surface area contributed by atoms with E-state index in [1.165, 1.54) is 18.6 Å². The lowest BCUT2D eigenvalue weighted by Crippen LogP contribution is -2.24. The first kappa shape index (κ1) is 13.9. The number of hydrogen-bond donors (Lipinski definition) is 1. The lowest BCUT2D eigenvalue weighted by Gasteiger charge is -2.11. The van der Waals surface area contributed by atoms with Crippen LogP contribution in [0.5, 0.6) is 0 Å². The van der Waals surface area contributed by atoms with Gasteiger partial charge in [0.1, 0.15) is 0 Å². The number of ether oxygens (including phenoxy) is 1. The van der Waals surface area contributed by atoms with Crippen LogP contribution in [0, 0.1) is 0 Å². The molecule has 0 bridgehead atoms. The second-order valence-electron chi connectivity index (χ2n) is 4.75. The average Bonchev–Trinajstić information content (AvgIpc) is 2.99. The van der Waals surface area contributed by atoms with Crippen LogP contribution >= 0.6 is 0 Å². The van der Waals surface area contributed by atoms with E-state index in [1.807, 2.05) is 24.3 Å². The largest absolute Gasteiger partial charge is 0.449 e. The van der Waals surface area contributed by atoms with Gasteiger partial charge >= 0.3 is 5.97 Å². The number of aromatic nitrogens is 3. The fourth-order valence-electron chi connectivity index (χ4n) is 2.17. The fourth-order valence-corrected chi connectivity index (χ4v) is 2.17. The highest BCUT2D eigenvalue weighted by Gasteiger charge is 2.23. The Hall–Kier alpha value is -3.02. The zero-order valence-electron chi connectivity index (χ0n) is 11.8. The number of H-pyrrole nitrogens is 1. The van der Waals surface area contributed by atoms with Gasteiger partial charge in [-0.05, 0) is 13.0 Å². The highest BCUT2D eigenvalue weighted by atomic mass is 16.5. The van der Waals surface area contributed by atoms with E-state index in [0.717, 1.165) is 10.9 Å². The molecule has 110 valence electrons. The summed E-state index contributed by atoms with van der Waals surface area (Å²) < 4.78 is 5.17. The van der Waals surface area contributed by atoms with Gasteiger partial charge < -0.3 is 9.72 Å². The Morgan fingerprint density at radius 2 is 2.05 bits per heavy atom. The number of Topliss-reactive ketones (excluding diaryl/α,β-unsaturated/α-hetero) is 1. The maximum atomic E-state index is 12.5. The number of rotatable bonds is 4. The quantitative estimate of drug-likeness (QED) is 0.590. The standard InChI is InChI=1S/C16H13N3O3/c1-10(22-16(21)14-9-17-6-7-18-14)15(20)12-8-19-13-5-3-2-4-11(12)13/h2-10,19H,1H3/t10-/m1/s1. The number of ketones is 1. The van der Waals surface area contributed by atoms with Crippen molar-refractivity contribution in [3.05, 3.63) is 60.3 Å². The lowest BCUT2D eigenvalue weighted by atomic mass is 10.1. The summed E-state index contributed by atoms with van der Waals surface area (Å²) in [5.41, 5.74) is 1.43. The molecule has 0 amide bonds. The number of nitrogens with one attached hydrogen (secondary N) is 1. The number of fused-ring (bicyclic) bond motifs is 1. The molecule has 1 N–H and O–H groups in total. The van der Waals surface area contributed by atoms with E-state index in [0.29, 0.717) is 5.56 Å². The minimum Gasteiger partial charge on any atom is -0.449 e. The number of para-hydroxylation sites is 1.